The van der Waals surface area contributed by atoms with Crippen molar-refractivity contribution in [1.82, 2.24) is 5.32 Å². The second-order valence-corrected chi connectivity index (χ2v) is 6.67. The fraction of sp³-hybridized carbons (Fsp3) is 0.500. The van der Waals surface area contributed by atoms with Gasteiger partial charge in [0, 0.05) is 18.2 Å². The number of hydrogen-bond donors (Lipinski definition) is 2. The molecule has 1 fully saturated rings. The van der Waals surface area contributed by atoms with E-state index in [1.54, 1.807) is 20.8 Å². The Labute approximate surface area is 137 Å². The van der Waals surface area contributed by atoms with Crippen LogP contribution in [0.3, 0.4) is 0 Å². The molecule has 124 valence electrons. The summed E-state index contributed by atoms with van der Waals surface area (Å²) in [5, 5.41) is 13.5. The topological polar surface area (TPSA) is 67.8 Å². The third kappa shape index (κ3) is 4.98. The highest BCUT2D eigenvalue weighted by Crippen LogP contribution is 2.18. The van der Waals surface area contributed by atoms with Crippen molar-refractivity contribution in [3.05, 3.63) is 35.4 Å². The Morgan fingerprint density at radius 1 is 1.39 bits per heavy atom. The molecule has 2 rings (SSSR count). The van der Waals surface area contributed by atoms with E-state index in [0.29, 0.717) is 13.0 Å². The SMILES string of the molecule is C#Cc1ccc(C[C@H]2NC[C@H](OC(=O)OC(C)(C)C)[C@H]2O)cc1. The lowest BCUT2D eigenvalue weighted by Gasteiger charge is -2.22. The van der Waals surface area contributed by atoms with Gasteiger partial charge in [-0.2, -0.15) is 0 Å². The Kier molecular flexibility index (Phi) is 5.30. The van der Waals surface area contributed by atoms with Crippen LogP contribution in [0.1, 0.15) is 31.9 Å². The monoisotopic (exact) mass is 317 g/mol. The third-order valence-electron chi connectivity index (χ3n) is 3.59. The summed E-state index contributed by atoms with van der Waals surface area (Å²) >= 11 is 0. The fourth-order valence-electron chi connectivity index (χ4n) is 2.46. The molecule has 0 radical (unpaired) electrons. The van der Waals surface area contributed by atoms with E-state index in [9.17, 15) is 9.90 Å². The Morgan fingerprint density at radius 3 is 2.61 bits per heavy atom. The summed E-state index contributed by atoms with van der Waals surface area (Å²) < 4.78 is 10.3. The quantitative estimate of drug-likeness (QED) is 0.658. The molecule has 1 aromatic carbocycles. The van der Waals surface area contributed by atoms with E-state index < -0.39 is 24.0 Å². The lowest BCUT2D eigenvalue weighted by molar-refractivity contribution is -0.0486. The Hall–Kier alpha value is -2.03. The Balaban J connectivity index is 1.89. The van der Waals surface area contributed by atoms with Crippen LogP contribution in [0.15, 0.2) is 24.3 Å². The molecule has 0 aliphatic carbocycles. The molecular weight excluding hydrogens is 294 g/mol. The van der Waals surface area contributed by atoms with Gasteiger partial charge in [0.1, 0.15) is 17.8 Å². The van der Waals surface area contributed by atoms with Crippen molar-refractivity contribution in [3.63, 3.8) is 0 Å². The fourth-order valence-corrected chi connectivity index (χ4v) is 2.46. The molecule has 5 heteroatoms. The number of terminal acetylenes is 1. The number of carbonyl (C=O) groups excluding carboxylic acids is 1. The number of aliphatic hydroxyl groups excluding tert-OH is 1. The zero-order valence-electron chi connectivity index (χ0n) is 13.7. The third-order valence-corrected chi connectivity index (χ3v) is 3.59. The summed E-state index contributed by atoms with van der Waals surface area (Å²) in [7, 11) is 0. The zero-order chi connectivity index (χ0) is 17.0. The maximum absolute atomic E-state index is 11.7. The summed E-state index contributed by atoms with van der Waals surface area (Å²) in [6.07, 6.45) is 3.80. The molecule has 3 atom stereocenters. The minimum Gasteiger partial charge on any atom is -0.429 e. The summed E-state index contributed by atoms with van der Waals surface area (Å²) in [4.78, 5) is 11.7. The highest BCUT2D eigenvalue weighted by Gasteiger charge is 2.37. The van der Waals surface area contributed by atoms with Gasteiger partial charge in [0.05, 0.1) is 0 Å². The van der Waals surface area contributed by atoms with Crippen LogP contribution in [0.5, 0.6) is 0 Å². The minimum absolute atomic E-state index is 0.181. The van der Waals surface area contributed by atoms with Crippen LogP contribution in [-0.4, -0.2) is 41.7 Å². The highest BCUT2D eigenvalue weighted by atomic mass is 16.7. The van der Waals surface area contributed by atoms with Crippen LogP contribution < -0.4 is 5.32 Å². The van der Waals surface area contributed by atoms with Gasteiger partial charge in [-0.05, 0) is 44.9 Å². The lowest BCUT2D eigenvalue weighted by atomic mass is 10.0. The molecular formula is C18H23NO4. The number of benzene rings is 1. The maximum Gasteiger partial charge on any atom is 0.509 e. The normalized spacial score (nSPS) is 24.0. The summed E-state index contributed by atoms with van der Waals surface area (Å²) in [6.45, 7) is 5.69. The van der Waals surface area contributed by atoms with Gasteiger partial charge in [-0.3, -0.25) is 0 Å². The first-order chi connectivity index (χ1) is 10.8. The molecule has 5 nitrogen and oxygen atoms in total. The van der Waals surface area contributed by atoms with Gasteiger partial charge in [0.25, 0.3) is 0 Å². The molecule has 23 heavy (non-hydrogen) atoms. The first-order valence-electron chi connectivity index (χ1n) is 7.65. The molecule has 1 aromatic rings. The summed E-state index contributed by atoms with van der Waals surface area (Å²) in [6, 6.07) is 7.42. The van der Waals surface area contributed by atoms with E-state index in [2.05, 4.69) is 11.2 Å². The van der Waals surface area contributed by atoms with E-state index in [0.717, 1.165) is 11.1 Å². The van der Waals surface area contributed by atoms with Crippen molar-refractivity contribution in [3.8, 4) is 12.3 Å². The molecule has 2 N–H and O–H groups in total. The second kappa shape index (κ2) is 7.03. The van der Waals surface area contributed by atoms with Gasteiger partial charge in [0.2, 0.25) is 0 Å². The van der Waals surface area contributed by atoms with Crippen molar-refractivity contribution in [2.75, 3.05) is 6.54 Å². The summed E-state index contributed by atoms with van der Waals surface area (Å²) in [5.41, 5.74) is 1.25. The van der Waals surface area contributed by atoms with Crippen molar-refractivity contribution in [2.45, 2.75) is 51.0 Å². The van der Waals surface area contributed by atoms with E-state index in [1.807, 2.05) is 24.3 Å². The van der Waals surface area contributed by atoms with Crippen molar-refractivity contribution in [2.24, 2.45) is 0 Å². The van der Waals surface area contributed by atoms with Crippen LogP contribution >= 0.6 is 0 Å². The molecule has 1 aliphatic rings. The lowest BCUT2D eigenvalue weighted by Crippen LogP contribution is -2.37. The van der Waals surface area contributed by atoms with E-state index in [4.69, 9.17) is 15.9 Å². The Bertz CT molecular complexity index is 583. The summed E-state index contributed by atoms with van der Waals surface area (Å²) in [5.74, 6) is 2.57. The van der Waals surface area contributed by atoms with E-state index in [1.165, 1.54) is 0 Å². The van der Waals surface area contributed by atoms with Crippen LogP contribution in [0.2, 0.25) is 0 Å². The smallest absolute Gasteiger partial charge is 0.429 e. The van der Waals surface area contributed by atoms with Gasteiger partial charge in [-0.15, -0.1) is 6.42 Å². The van der Waals surface area contributed by atoms with Gasteiger partial charge in [-0.1, -0.05) is 18.1 Å². The average Bonchev–Trinajstić information content (AvgIpc) is 2.79. The van der Waals surface area contributed by atoms with E-state index >= 15 is 0 Å². The first kappa shape index (κ1) is 17.3. The molecule has 1 aliphatic heterocycles. The van der Waals surface area contributed by atoms with Crippen LogP contribution in [0.4, 0.5) is 4.79 Å². The van der Waals surface area contributed by atoms with Gasteiger partial charge >= 0.3 is 6.16 Å². The average molecular weight is 317 g/mol. The second-order valence-electron chi connectivity index (χ2n) is 6.67. The number of hydrogen-bond acceptors (Lipinski definition) is 5. The molecule has 0 amide bonds. The van der Waals surface area contributed by atoms with E-state index in [-0.39, 0.29) is 6.04 Å². The van der Waals surface area contributed by atoms with Crippen LogP contribution in [0.25, 0.3) is 0 Å². The number of aliphatic hydroxyl groups is 1. The predicted octanol–water partition coefficient (Wildman–Crippen LogP) is 1.86. The van der Waals surface area contributed by atoms with Crippen molar-refractivity contribution < 1.29 is 19.4 Å². The molecule has 0 unspecified atom stereocenters. The van der Waals surface area contributed by atoms with Crippen molar-refractivity contribution in [1.29, 1.82) is 0 Å². The Morgan fingerprint density at radius 2 is 2.04 bits per heavy atom. The minimum atomic E-state index is -0.783. The molecule has 0 aromatic heterocycles. The number of ether oxygens (including phenoxy) is 2. The number of carbonyl (C=O) groups is 1. The van der Waals surface area contributed by atoms with Crippen LogP contribution in [-0.2, 0) is 15.9 Å². The van der Waals surface area contributed by atoms with Gasteiger partial charge in [-0.25, -0.2) is 4.79 Å². The van der Waals surface area contributed by atoms with Crippen LogP contribution in [0, 0.1) is 12.3 Å². The molecule has 0 spiro atoms. The number of nitrogens with one attached hydrogen (secondary N) is 1. The molecule has 0 bridgehead atoms. The molecule has 1 heterocycles. The number of rotatable bonds is 3. The first-order valence-corrected chi connectivity index (χ1v) is 7.65. The largest absolute Gasteiger partial charge is 0.509 e. The maximum atomic E-state index is 11.7. The predicted molar refractivity (Wildman–Crippen MR) is 87.0 cm³/mol. The standard InChI is InChI=1S/C18H23NO4/c1-5-12-6-8-13(9-7-12)10-14-16(20)15(11-19-14)22-17(21)23-18(2,3)4/h1,6-9,14-16,19-20H,10-11H2,2-4H3/t14-,15+,16+/m1/s1. The highest BCUT2D eigenvalue weighted by molar-refractivity contribution is 5.60. The molecule has 0 saturated carbocycles. The van der Waals surface area contributed by atoms with Gasteiger partial charge < -0.3 is 19.9 Å². The van der Waals surface area contributed by atoms with Gasteiger partial charge in [0.15, 0.2) is 0 Å². The zero-order valence-corrected chi connectivity index (χ0v) is 13.7. The van der Waals surface area contributed by atoms with Crippen molar-refractivity contribution >= 4 is 6.16 Å². The molecule has 1 saturated heterocycles.